The molecule has 1 aromatic rings. The van der Waals surface area contributed by atoms with Gasteiger partial charge in [0.25, 0.3) is 0 Å². The molecule has 0 aromatic carbocycles. The Bertz CT molecular complexity index is 342. The lowest BCUT2D eigenvalue weighted by atomic mass is 9.87. The molecule has 0 saturated heterocycles. The van der Waals surface area contributed by atoms with Gasteiger partial charge in [-0.25, -0.2) is 0 Å². The molecule has 1 heterocycles. The second-order valence-corrected chi connectivity index (χ2v) is 5.30. The zero-order chi connectivity index (χ0) is 12.1. The first kappa shape index (κ1) is 12.5. The molecule has 1 saturated carbocycles. The van der Waals surface area contributed by atoms with Crippen LogP contribution in [0.3, 0.4) is 0 Å². The van der Waals surface area contributed by atoms with Crippen LogP contribution >= 0.6 is 0 Å². The first-order valence-electron chi connectivity index (χ1n) is 6.47. The van der Waals surface area contributed by atoms with Gasteiger partial charge in [-0.1, -0.05) is 18.9 Å². The molecule has 94 valence electrons. The number of aryl methyl sites for hydroxylation is 1. The van der Waals surface area contributed by atoms with Crippen molar-refractivity contribution in [2.24, 2.45) is 5.41 Å². The van der Waals surface area contributed by atoms with Gasteiger partial charge < -0.3 is 10.4 Å². The first-order chi connectivity index (χ1) is 8.24. The fourth-order valence-electron chi connectivity index (χ4n) is 2.57. The van der Waals surface area contributed by atoms with Crippen LogP contribution in [0.25, 0.3) is 0 Å². The maximum absolute atomic E-state index is 9.49. The summed E-state index contributed by atoms with van der Waals surface area (Å²) in [6.45, 7) is 4.05. The van der Waals surface area contributed by atoms with Crippen molar-refractivity contribution in [2.45, 2.75) is 39.2 Å². The van der Waals surface area contributed by atoms with Crippen LogP contribution in [0.5, 0.6) is 0 Å². The summed E-state index contributed by atoms with van der Waals surface area (Å²) in [6, 6.07) is 4.14. The SMILES string of the molecule is Cc1ccc(CNCC2(CO)CCCC2)nc1. The van der Waals surface area contributed by atoms with Gasteiger partial charge in [0.15, 0.2) is 0 Å². The minimum Gasteiger partial charge on any atom is -0.396 e. The molecular formula is C14H22N2O. The molecule has 0 atom stereocenters. The van der Waals surface area contributed by atoms with E-state index in [0.29, 0.717) is 6.61 Å². The fraction of sp³-hybridized carbons (Fsp3) is 0.643. The number of aromatic nitrogens is 1. The van der Waals surface area contributed by atoms with Crippen LogP contribution < -0.4 is 5.32 Å². The summed E-state index contributed by atoms with van der Waals surface area (Å²) in [5, 5.41) is 12.9. The Morgan fingerprint density at radius 2 is 2.12 bits per heavy atom. The van der Waals surface area contributed by atoms with Gasteiger partial charge in [0.05, 0.1) is 5.69 Å². The summed E-state index contributed by atoms with van der Waals surface area (Å²) in [4.78, 5) is 4.37. The molecule has 2 N–H and O–H groups in total. The van der Waals surface area contributed by atoms with E-state index in [1.54, 1.807) is 0 Å². The van der Waals surface area contributed by atoms with Crippen LogP contribution in [-0.2, 0) is 6.54 Å². The van der Waals surface area contributed by atoms with Crippen LogP contribution in [0.2, 0.25) is 0 Å². The molecule has 0 amide bonds. The topological polar surface area (TPSA) is 45.1 Å². The average molecular weight is 234 g/mol. The molecule has 0 spiro atoms. The molecule has 0 unspecified atom stereocenters. The largest absolute Gasteiger partial charge is 0.396 e. The Kier molecular flexibility index (Phi) is 4.13. The van der Waals surface area contributed by atoms with E-state index in [-0.39, 0.29) is 5.41 Å². The summed E-state index contributed by atoms with van der Waals surface area (Å²) < 4.78 is 0. The maximum atomic E-state index is 9.49. The molecular weight excluding hydrogens is 212 g/mol. The molecule has 0 bridgehead atoms. The Balaban J connectivity index is 1.80. The third kappa shape index (κ3) is 3.27. The number of hydrogen-bond acceptors (Lipinski definition) is 3. The molecule has 0 aliphatic heterocycles. The van der Waals surface area contributed by atoms with Crippen molar-refractivity contribution >= 4 is 0 Å². The smallest absolute Gasteiger partial charge is 0.0541 e. The van der Waals surface area contributed by atoms with Crippen molar-refractivity contribution < 1.29 is 5.11 Å². The van der Waals surface area contributed by atoms with Crippen molar-refractivity contribution in [3.8, 4) is 0 Å². The molecule has 3 nitrogen and oxygen atoms in total. The minimum atomic E-state index is 0.130. The lowest BCUT2D eigenvalue weighted by Crippen LogP contribution is -2.34. The lowest BCUT2D eigenvalue weighted by Gasteiger charge is -2.26. The van der Waals surface area contributed by atoms with Gasteiger partial charge in [-0.15, -0.1) is 0 Å². The van der Waals surface area contributed by atoms with Crippen molar-refractivity contribution in [2.75, 3.05) is 13.2 Å². The maximum Gasteiger partial charge on any atom is 0.0541 e. The van der Waals surface area contributed by atoms with Crippen molar-refractivity contribution in [3.05, 3.63) is 29.6 Å². The van der Waals surface area contributed by atoms with Gasteiger partial charge in [-0.05, 0) is 31.4 Å². The Labute approximate surface area is 103 Å². The van der Waals surface area contributed by atoms with E-state index in [9.17, 15) is 5.11 Å². The molecule has 0 radical (unpaired) electrons. The highest BCUT2D eigenvalue weighted by molar-refractivity contribution is 5.12. The van der Waals surface area contributed by atoms with Gasteiger partial charge in [0, 0.05) is 31.3 Å². The van der Waals surface area contributed by atoms with Gasteiger partial charge in [-0.2, -0.15) is 0 Å². The van der Waals surface area contributed by atoms with E-state index in [1.807, 2.05) is 13.1 Å². The number of hydrogen-bond donors (Lipinski definition) is 2. The zero-order valence-corrected chi connectivity index (χ0v) is 10.6. The molecule has 17 heavy (non-hydrogen) atoms. The van der Waals surface area contributed by atoms with Crippen molar-refractivity contribution in [1.29, 1.82) is 0 Å². The van der Waals surface area contributed by atoms with Crippen LogP contribution in [-0.4, -0.2) is 23.2 Å². The predicted molar refractivity (Wildman–Crippen MR) is 68.7 cm³/mol. The van der Waals surface area contributed by atoms with Crippen LogP contribution in [0, 0.1) is 12.3 Å². The van der Waals surface area contributed by atoms with E-state index >= 15 is 0 Å². The van der Waals surface area contributed by atoms with Gasteiger partial charge >= 0.3 is 0 Å². The molecule has 1 fully saturated rings. The van der Waals surface area contributed by atoms with Gasteiger partial charge in [0.1, 0.15) is 0 Å². The monoisotopic (exact) mass is 234 g/mol. The average Bonchev–Trinajstić information content (AvgIpc) is 2.81. The number of aliphatic hydroxyl groups is 1. The van der Waals surface area contributed by atoms with E-state index in [0.717, 1.165) is 31.6 Å². The Hall–Kier alpha value is -0.930. The highest BCUT2D eigenvalue weighted by Crippen LogP contribution is 2.36. The zero-order valence-electron chi connectivity index (χ0n) is 10.6. The van der Waals surface area contributed by atoms with Crippen molar-refractivity contribution in [3.63, 3.8) is 0 Å². The highest BCUT2D eigenvalue weighted by atomic mass is 16.3. The lowest BCUT2D eigenvalue weighted by molar-refractivity contribution is 0.128. The number of aliphatic hydroxyl groups excluding tert-OH is 1. The summed E-state index contributed by atoms with van der Waals surface area (Å²) in [5.74, 6) is 0. The summed E-state index contributed by atoms with van der Waals surface area (Å²) in [7, 11) is 0. The Morgan fingerprint density at radius 3 is 2.71 bits per heavy atom. The standard InChI is InChI=1S/C14H22N2O/c1-12-4-5-13(16-8-12)9-15-10-14(11-17)6-2-3-7-14/h4-5,8,15,17H,2-3,6-7,9-11H2,1H3. The molecule has 3 heteroatoms. The predicted octanol–water partition coefficient (Wildman–Crippen LogP) is 2.03. The molecule has 2 rings (SSSR count). The summed E-state index contributed by atoms with van der Waals surface area (Å²) >= 11 is 0. The second kappa shape index (κ2) is 5.61. The number of nitrogens with zero attached hydrogens (tertiary/aromatic N) is 1. The van der Waals surface area contributed by atoms with E-state index in [4.69, 9.17) is 0 Å². The van der Waals surface area contributed by atoms with Crippen LogP contribution in [0.15, 0.2) is 18.3 Å². The van der Waals surface area contributed by atoms with E-state index in [2.05, 4.69) is 22.4 Å². The molecule has 1 aliphatic carbocycles. The third-order valence-corrected chi connectivity index (χ3v) is 3.78. The third-order valence-electron chi connectivity index (χ3n) is 3.78. The number of pyridine rings is 1. The summed E-state index contributed by atoms with van der Waals surface area (Å²) in [6.07, 6.45) is 6.71. The molecule has 1 aliphatic rings. The van der Waals surface area contributed by atoms with Gasteiger partial charge in [0.2, 0.25) is 0 Å². The van der Waals surface area contributed by atoms with Crippen LogP contribution in [0.1, 0.15) is 36.9 Å². The number of nitrogens with one attached hydrogen (secondary N) is 1. The second-order valence-electron chi connectivity index (χ2n) is 5.30. The number of rotatable bonds is 5. The highest BCUT2D eigenvalue weighted by Gasteiger charge is 2.32. The Morgan fingerprint density at radius 1 is 1.35 bits per heavy atom. The van der Waals surface area contributed by atoms with Crippen LogP contribution in [0.4, 0.5) is 0 Å². The normalized spacial score (nSPS) is 18.5. The quantitative estimate of drug-likeness (QED) is 0.819. The molecule has 1 aromatic heterocycles. The first-order valence-corrected chi connectivity index (χ1v) is 6.47. The minimum absolute atomic E-state index is 0.130. The summed E-state index contributed by atoms with van der Waals surface area (Å²) in [5.41, 5.74) is 2.39. The van der Waals surface area contributed by atoms with E-state index in [1.165, 1.54) is 18.4 Å². The van der Waals surface area contributed by atoms with Gasteiger partial charge in [-0.3, -0.25) is 4.98 Å². The fourth-order valence-corrected chi connectivity index (χ4v) is 2.57. The van der Waals surface area contributed by atoms with E-state index < -0.39 is 0 Å². The van der Waals surface area contributed by atoms with Crippen molar-refractivity contribution in [1.82, 2.24) is 10.3 Å².